The number of esters is 1. The van der Waals surface area contributed by atoms with E-state index in [0.29, 0.717) is 23.1 Å². The van der Waals surface area contributed by atoms with Crippen molar-refractivity contribution in [1.82, 2.24) is 5.32 Å². The maximum absolute atomic E-state index is 12.3. The Morgan fingerprint density at radius 2 is 1.85 bits per heavy atom. The predicted molar refractivity (Wildman–Crippen MR) is 129 cm³/mol. The quantitative estimate of drug-likeness (QED) is 0.267. The molecule has 3 rings (SSSR count). The summed E-state index contributed by atoms with van der Waals surface area (Å²) in [5, 5.41) is 3.30. The van der Waals surface area contributed by atoms with Gasteiger partial charge in [-0.25, -0.2) is 9.59 Å². The van der Waals surface area contributed by atoms with Crippen LogP contribution in [0.2, 0.25) is 0 Å². The second-order valence-corrected chi connectivity index (χ2v) is 9.41. The van der Waals surface area contributed by atoms with Crippen molar-refractivity contribution in [2.24, 2.45) is 0 Å². The van der Waals surface area contributed by atoms with Gasteiger partial charge in [-0.1, -0.05) is 54.9 Å². The minimum atomic E-state index is -0.697. The number of amides is 1. The van der Waals surface area contributed by atoms with Crippen LogP contribution in [0.4, 0.5) is 0 Å². The first-order chi connectivity index (χ1) is 15.6. The summed E-state index contributed by atoms with van der Waals surface area (Å²) < 4.78 is 17.0. The number of para-hydroxylation sites is 1. The van der Waals surface area contributed by atoms with Crippen LogP contribution in [0.3, 0.4) is 0 Å². The summed E-state index contributed by atoms with van der Waals surface area (Å²) in [6, 6.07) is 14.1. The Morgan fingerprint density at radius 1 is 1.09 bits per heavy atom. The first-order valence-corrected chi connectivity index (χ1v) is 11.3. The molecule has 1 aromatic heterocycles. The molecule has 0 fully saturated rings. The smallest absolute Gasteiger partial charge is 0.349 e. The van der Waals surface area contributed by atoms with Gasteiger partial charge in [-0.2, -0.15) is 0 Å². The Morgan fingerprint density at radius 3 is 2.61 bits per heavy atom. The van der Waals surface area contributed by atoms with Gasteiger partial charge in [0.2, 0.25) is 0 Å². The minimum Gasteiger partial charge on any atom is -0.482 e. The molecule has 1 N–H and O–H groups in total. The number of fused-ring (bicyclic) bond motifs is 1. The van der Waals surface area contributed by atoms with Gasteiger partial charge >= 0.3 is 11.6 Å². The van der Waals surface area contributed by atoms with E-state index >= 15 is 0 Å². The predicted octanol–water partition coefficient (Wildman–Crippen LogP) is 4.60. The van der Waals surface area contributed by atoms with Gasteiger partial charge in [0.15, 0.2) is 6.61 Å². The molecule has 0 aliphatic rings. The molecule has 174 valence electrons. The molecule has 7 nitrogen and oxygen atoms in total. The average molecular weight is 516 g/mol. The molecule has 0 unspecified atom stereocenters. The fourth-order valence-electron chi connectivity index (χ4n) is 3.17. The lowest BCUT2D eigenvalue weighted by Gasteiger charge is -2.23. The maximum atomic E-state index is 12.3. The second kappa shape index (κ2) is 10.7. The van der Waals surface area contributed by atoms with E-state index in [-0.39, 0.29) is 30.7 Å². The molecule has 0 radical (unpaired) electrons. The topological polar surface area (TPSA) is 94.8 Å². The molecule has 0 saturated carbocycles. The molecule has 1 heterocycles. The van der Waals surface area contributed by atoms with Crippen molar-refractivity contribution in [2.75, 3.05) is 19.8 Å². The Labute approximate surface area is 200 Å². The molecule has 0 spiro atoms. The largest absolute Gasteiger partial charge is 0.482 e. The highest BCUT2D eigenvalue weighted by atomic mass is 79.9. The number of hydrogen-bond donors (Lipinski definition) is 1. The number of carbonyl (C=O) groups is 2. The summed E-state index contributed by atoms with van der Waals surface area (Å²) in [5.41, 5.74) is 0.487. The fourth-order valence-corrected chi connectivity index (χ4v) is 3.53. The van der Waals surface area contributed by atoms with Gasteiger partial charge in [0.05, 0.1) is 6.61 Å². The van der Waals surface area contributed by atoms with Crippen molar-refractivity contribution < 1.29 is 23.5 Å². The number of carbonyl (C=O) groups excluding carboxylic acids is 2. The van der Waals surface area contributed by atoms with Crippen molar-refractivity contribution in [1.29, 1.82) is 0 Å². The zero-order valence-electron chi connectivity index (χ0n) is 18.8. The highest BCUT2D eigenvalue weighted by molar-refractivity contribution is 9.10. The Hall–Kier alpha value is -3.13. The molecule has 0 aliphatic heterocycles. The van der Waals surface area contributed by atoms with Crippen LogP contribution in [0.25, 0.3) is 11.0 Å². The summed E-state index contributed by atoms with van der Waals surface area (Å²) in [4.78, 5) is 36.4. The van der Waals surface area contributed by atoms with Crippen molar-refractivity contribution in [3.05, 3.63) is 74.6 Å². The molecular weight excluding hydrogens is 490 g/mol. The molecule has 0 atom stereocenters. The fraction of sp³-hybridized carbons (Fsp3) is 0.320. The third-order valence-electron chi connectivity index (χ3n) is 4.85. The van der Waals surface area contributed by atoms with Crippen molar-refractivity contribution in [3.8, 4) is 5.75 Å². The zero-order chi connectivity index (χ0) is 24.0. The Kier molecular flexibility index (Phi) is 7.92. The van der Waals surface area contributed by atoms with E-state index in [1.165, 1.54) is 6.07 Å². The molecule has 0 saturated heterocycles. The second-order valence-electron chi connectivity index (χ2n) is 8.49. The van der Waals surface area contributed by atoms with E-state index in [1.54, 1.807) is 24.3 Å². The number of nitrogens with one attached hydrogen (secondary N) is 1. The molecule has 8 heteroatoms. The van der Waals surface area contributed by atoms with Gasteiger partial charge in [0.1, 0.15) is 16.9 Å². The van der Waals surface area contributed by atoms with E-state index in [9.17, 15) is 14.4 Å². The van der Waals surface area contributed by atoms with Crippen LogP contribution >= 0.6 is 15.9 Å². The summed E-state index contributed by atoms with van der Waals surface area (Å²) in [5.74, 6) is -0.405. The van der Waals surface area contributed by atoms with E-state index in [2.05, 4.69) is 42.0 Å². The van der Waals surface area contributed by atoms with Gasteiger partial charge in [-0.3, -0.25) is 4.79 Å². The molecule has 3 aromatic rings. The average Bonchev–Trinajstić information content (AvgIpc) is 2.76. The Balaban J connectivity index is 1.43. The third-order valence-corrected chi connectivity index (χ3v) is 5.34. The molecule has 33 heavy (non-hydrogen) atoms. The van der Waals surface area contributed by atoms with Crippen LogP contribution in [-0.4, -0.2) is 31.6 Å². The summed E-state index contributed by atoms with van der Waals surface area (Å²) in [7, 11) is 0. The van der Waals surface area contributed by atoms with Crippen LogP contribution in [0, 0.1) is 0 Å². The molecule has 1 amide bonds. The summed E-state index contributed by atoms with van der Waals surface area (Å²) in [6.45, 7) is 6.33. The molecule has 0 bridgehead atoms. The molecule has 0 aliphatic carbocycles. The van der Waals surface area contributed by atoms with Gasteiger partial charge in [0, 0.05) is 22.0 Å². The van der Waals surface area contributed by atoms with Crippen LogP contribution in [0.5, 0.6) is 5.75 Å². The number of ether oxygens (including phenoxy) is 2. The van der Waals surface area contributed by atoms with Crippen molar-refractivity contribution in [3.63, 3.8) is 0 Å². The first kappa shape index (κ1) is 24.5. The maximum Gasteiger partial charge on any atom is 0.349 e. The molecule has 2 aromatic carbocycles. The van der Waals surface area contributed by atoms with Crippen molar-refractivity contribution >= 4 is 38.8 Å². The summed E-state index contributed by atoms with van der Waals surface area (Å²) >= 11 is 3.46. The number of rotatable bonds is 8. The van der Waals surface area contributed by atoms with Gasteiger partial charge in [-0.05, 0) is 42.2 Å². The number of hydrogen-bond acceptors (Lipinski definition) is 6. The SMILES string of the molecule is CC(C)(C)c1cc(Br)ccc1OCC(=O)OCCCNC(=O)c1cc2ccccc2oc1=O. The van der Waals surface area contributed by atoms with Crippen LogP contribution in [0.1, 0.15) is 43.1 Å². The van der Waals surface area contributed by atoms with E-state index in [4.69, 9.17) is 13.9 Å². The van der Waals surface area contributed by atoms with Crippen LogP contribution < -0.4 is 15.7 Å². The zero-order valence-corrected chi connectivity index (χ0v) is 20.4. The van der Waals surface area contributed by atoms with Gasteiger partial charge < -0.3 is 19.2 Å². The van der Waals surface area contributed by atoms with E-state index < -0.39 is 17.5 Å². The third kappa shape index (κ3) is 6.68. The monoisotopic (exact) mass is 515 g/mol. The molecular formula is C25H26BrNO6. The first-order valence-electron chi connectivity index (χ1n) is 10.5. The standard InChI is InChI=1S/C25H26BrNO6/c1-25(2,3)19-14-17(26)9-10-21(19)32-15-22(28)31-12-6-11-27-23(29)18-13-16-7-4-5-8-20(16)33-24(18)30/h4-5,7-10,13-14H,6,11-12,15H2,1-3H3,(H,27,29). The van der Waals surface area contributed by atoms with E-state index in [0.717, 1.165) is 10.0 Å². The van der Waals surface area contributed by atoms with E-state index in [1.807, 2.05) is 18.2 Å². The van der Waals surface area contributed by atoms with Crippen LogP contribution in [-0.2, 0) is 14.9 Å². The number of halogens is 1. The number of benzene rings is 2. The van der Waals surface area contributed by atoms with Crippen molar-refractivity contribution in [2.45, 2.75) is 32.6 Å². The minimum absolute atomic E-state index is 0.0664. The highest BCUT2D eigenvalue weighted by Gasteiger charge is 2.20. The summed E-state index contributed by atoms with van der Waals surface area (Å²) in [6.07, 6.45) is 0.391. The normalized spacial score (nSPS) is 11.3. The lowest BCUT2D eigenvalue weighted by atomic mass is 9.86. The lowest BCUT2D eigenvalue weighted by molar-refractivity contribution is -0.146. The van der Waals surface area contributed by atoms with Gasteiger partial charge in [0.25, 0.3) is 5.91 Å². The van der Waals surface area contributed by atoms with Gasteiger partial charge in [-0.15, -0.1) is 0 Å². The van der Waals surface area contributed by atoms with Crippen LogP contribution in [0.15, 0.2) is 62.2 Å². The Bertz CT molecular complexity index is 1210. The highest BCUT2D eigenvalue weighted by Crippen LogP contribution is 2.33. The lowest BCUT2D eigenvalue weighted by Crippen LogP contribution is -2.29.